The number of anilines is 1. The van der Waals surface area contributed by atoms with E-state index in [1.165, 1.54) is 0 Å². The molecule has 0 radical (unpaired) electrons. The molecule has 1 aliphatic heterocycles. The first kappa shape index (κ1) is 18.0. The van der Waals surface area contributed by atoms with Crippen LogP contribution in [0.4, 0.5) is 5.82 Å². The van der Waals surface area contributed by atoms with Gasteiger partial charge in [-0.15, -0.1) is 0 Å². The van der Waals surface area contributed by atoms with Gasteiger partial charge in [-0.3, -0.25) is 14.8 Å². The van der Waals surface area contributed by atoms with Crippen LogP contribution in [0.2, 0.25) is 0 Å². The Morgan fingerprint density at radius 2 is 1.93 bits per heavy atom. The van der Waals surface area contributed by atoms with Crippen LogP contribution >= 0.6 is 0 Å². The fourth-order valence-corrected chi connectivity index (χ4v) is 3.36. The molecule has 3 aromatic rings. The molecule has 4 heterocycles. The van der Waals surface area contributed by atoms with Crippen LogP contribution in [0, 0.1) is 0 Å². The molecule has 0 spiro atoms. The lowest BCUT2D eigenvalue weighted by Gasteiger charge is -2.29. The highest BCUT2D eigenvalue weighted by molar-refractivity contribution is 5.74. The van der Waals surface area contributed by atoms with Gasteiger partial charge in [-0.2, -0.15) is 0 Å². The van der Waals surface area contributed by atoms with Gasteiger partial charge in [0.05, 0.1) is 18.3 Å². The summed E-state index contributed by atoms with van der Waals surface area (Å²) >= 11 is 0. The Hall–Kier alpha value is -3.35. The topological polar surface area (TPSA) is 83.9 Å². The predicted octanol–water partition coefficient (Wildman–Crippen LogP) is 3.01. The highest BCUT2D eigenvalue weighted by Crippen LogP contribution is 2.29. The molecular weight excluding hydrogens is 352 g/mol. The zero-order chi connectivity index (χ0) is 19.5. The summed E-state index contributed by atoms with van der Waals surface area (Å²) in [5, 5.41) is 3.53. The van der Waals surface area contributed by atoms with Crippen LogP contribution in [0.5, 0.6) is 0 Å². The van der Waals surface area contributed by atoms with E-state index in [1.54, 1.807) is 25.5 Å². The third kappa shape index (κ3) is 3.69. The molecular formula is C21H22N6O. The Morgan fingerprint density at radius 3 is 2.61 bits per heavy atom. The van der Waals surface area contributed by atoms with Crippen molar-refractivity contribution in [1.29, 1.82) is 0 Å². The zero-order valence-corrected chi connectivity index (χ0v) is 16.0. The van der Waals surface area contributed by atoms with Gasteiger partial charge in [0.25, 0.3) is 0 Å². The molecule has 4 rings (SSSR count). The molecule has 1 aliphatic rings. The number of amides is 1. The number of nitrogens with one attached hydrogen (secondary N) is 1. The number of hydrogen-bond acceptors (Lipinski definition) is 6. The van der Waals surface area contributed by atoms with Crippen molar-refractivity contribution in [3.63, 3.8) is 0 Å². The number of carbonyl (C=O) groups is 1. The summed E-state index contributed by atoms with van der Waals surface area (Å²) in [4.78, 5) is 31.6. The Bertz CT molecular complexity index is 977. The van der Waals surface area contributed by atoms with E-state index in [1.807, 2.05) is 35.4 Å². The van der Waals surface area contributed by atoms with Crippen LogP contribution in [0.25, 0.3) is 11.4 Å². The quantitative estimate of drug-likeness (QED) is 0.756. The van der Waals surface area contributed by atoms with Gasteiger partial charge in [0.1, 0.15) is 5.82 Å². The predicted molar refractivity (Wildman–Crippen MR) is 106 cm³/mol. The summed E-state index contributed by atoms with van der Waals surface area (Å²) in [6, 6.07) is 7.81. The van der Waals surface area contributed by atoms with E-state index in [4.69, 9.17) is 9.97 Å². The molecule has 7 nitrogen and oxygen atoms in total. The van der Waals surface area contributed by atoms with Gasteiger partial charge in [0.2, 0.25) is 5.91 Å². The minimum Gasteiger partial charge on any atom is -0.363 e. The van der Waals surface area contributed by atoms with Gasteiger partial charge < -0.3 is 10.2 Å². The van der Waals surface area contributed by atoms with E-state index in [0.717, 1.165) is 34.6 Å². The molecule has 0 fully saturated rings. The molecule has 0 unspecified atom stereocenters. The standard InChI is InChI=1S/C21H22N6O/c1-14(16-5-3-8-22-11-16)24-21-18-7-10-27(15(2)28)13-19(18)25-20(26-21)17-6-4-9-23-12-17/h3-6,8-9,11-12,14H,7,10,13H2,1-2H3,(H,24,25,26)/t14-/m0/s1. The second-order valence-corrected chi connectivity index (χ2v) is 6.91. The van der Waals surface area contributed by atoms with Gasteiger partial charge in [-0.25, -0.2) is 9.97 Å². The molecule has 0 saturated carbocycles. The molecule has 1 amide bonds. The Morgan fingerprint density at radius 1 is 1.14 bits per heavy atom. The Balaban J connectivity index is 1.74. The first-order valence-corrected chi connectivity index (χ1v) is 9.34. The van der Waals surface area contributed by atoms with Crippen molar-refractivity contribution >= 4 is 11.7 Å². The molecule has 0 bridgehead atoms. The monoisotopic (exact) mass is 374 g/mol. The van der Waals surface area contributed by atoms with E-state index >= 15 is 0 Å². The maximum Gasteiger partial charge on any atom is 0.219 e. The normalized spacial score (nSPS) is 14.3. The fraction of sp³-hybridized carbons (Fsp3) is 0.286. The van der Waals surface area contributed by atoms with Gasteiger partial charge in [0.15, 0.2) is 5.82 Å². The highest BCUT2D eigenvalue weighted by atomic mass is 16.2. The van der Waals surface area contributed by atoms with Crippen LogP contribution in [-0.2, 0) is 17.8 Å². The summed E-state index contributed by atoms with van der Waals surface area (Å²) < 4.78 is 0. The molecule has 0 aromatic carbocycles. The van der Waals surface area contributed by atoms with Crippen molar-refractivity contribution in [3.05, 3.63) is 65.9 Å². The maximum atomic E-state index is 11.9. The molecule has 7 heteroatoms. The van der Waals surface area contributed by atoms with E-state index in [0.29, 0.717) is 18.9 Å². The summed E-state index contributed by atoms with van der Waals surface area (Å²) in [6.07, 6.45) is 7.82. The number of fused-ring (bicyclic) bond motifs is 1. The summed E-state index contributed by atoms with van der Waals surface area (Å²) in [7, 11) is 0. The second-order valence-electron chi connectivity index (χ2n) is 6.91. The SMILES string of the molecule is CC(=O)N1CCc2c(nc(-c3cccnc3)nc2N[C@@H](C)c2cccnc2)C1. The third-order valence-electron chi connectivity index (χ3n) is 4.97. The number of nitrogens with zero attached hydrogens (tertiary/aromatic N) is 5. The van der Waals surface area contributed by atoms with E-state index in [-0.39, 0.29) is 11.9 Å². The smallest absolute Gasteiger partial charge is 0.219 e. The van der Waals surface area contributed by atoms with Crippen LogP contribution in [0.3, 0.4) is 0 Å². The van der Waals surface area contributed by atoms with Crippen LogP contribution < -0.4 is 5.32 Å². The van der Waals surface area contributed by atoms with Crippen LogP contribution in [0.15, 0.2) is 49.1 Å². The van der Waals surface area contributed by atoms with E-state index in [2.05, 4.69) is 22.2 Å². The van der Waals surface area contributed by atoms with Crippen molar-refractivity contribution in [3.8, 4) is 11.4 Å². The maximum absolute atomic E-state index is 11.9. The average molecular weight is 374 g/mol. The fourth-order valence-electron chi connectivity index (χ4n) is 3.36. The molecule has 0 aliphatic carbocycles. The molecule has 1 N–H and O–H groups in total. The molecule has 0 saturated heterocycles. The minimum absolute atomic E-state index is 0.0419. The van der Waals surface area contributed by atoms with Gasteiger partial charge in [-0.1, -0.05) is 6.07 Å². The second kappa shape index (κ2) is 7.72. The van der Waals surface area contributed by atoms with Crippen LogP contribution in [-0.4, -0.2) is 37.3 Å². The lowest BCUT2D eigenvalue weighted by Crippen LogP contribution is -2.35. The molecule has 28 heavy (non-hydrogen) atoms. The van der Waals surface area contributed by atoms with E-state index < -0.39 is 0 Å². The summed E-state index contributed by atoms with van der Waals surface area (Å²) in [5.74, 6) is 1.48. The number of carbonyl (C=O) groups excluding carboxylic acids is 1. The lowest BCUT2D eigenvalue weighted by molar-refractivity contribution is -0.129. The van der Waals surface area contributed by atoms with Crippen molar-refractivity contribution in [1.82, 2.24) is 24.8 Å². The Labute approximate surface area is 163 Å². The van der Waals surface area contributed by atoms with Crippen molar-refractivity contribution in [2.24, 2.45) is 0 Å². The zero-order valence-electron chi connectivity index (χ0n) is 16.0. The van der Waals surface area contributed by atoms with Crippen molar-refractivity contribution in [2.45, 2.75) is 32.9 Å². The number of aromatic nitrogens is 4. The summed E-state index contributed by atoms with van der Waals surface area (Å²) in [5.41, 5.74) is 3.89. The first-order valence-electron chi connectivity index (χ1n) is 9.34. The van der Waals surface area contributed by atoms with Gasteiger partial charge in [-0.05, 0) is 37.1 Å². The minimum atomic E-state index is 0.0419. The number of pyridine rings is 2. The van der Waals surface area contributed by atoms with Gasteiger partial charge >= 0.3 is 0 Å². The van der Waals surface area contributed by atoms with Gasteiger partial charge in [0, 0.05) is 49.4 Å². The summed E-state index contributed by atoms with van der Waals surface area (Å²) in [6.45, 7) is 4.85. The number of hydrogen-bond donors (Lipinski definition) is 1. The Kier molecular flexibility index (Phi) is 4.97. The lowest BCUT2D eigenvalue weighted by atomic mass is 10.0. The highest BCUT2D eigenvalue weighted by Gasteiger charge is 2.25. The van der Waals surface area contributed by atoms with E-state index in [9.17, 15) is 4.79 Å². The van der Waals surface area contributed by atoms with Crippen molar-refractivity contribution < 1.29 is 4.79 Å². The molecule has 3 aromatic heterocycles. The molecule has 142 valence electrons. The van der Waals surface area contributed by atoms with Crippen LogP contribution in [0.1, 0.15) is 36.7 Å². The number of rotatable bonds is 4. The average Bonchev–Trinajstić information content (AvgIpc) is 2.74. The third-order valence-corrected chi connectivity index (χ3v) is 4.97. The largest absolute Gasteiger partial charge is 0.363 e. The first-order chi connectivity index (χ1) is 13.6. The van der Waals surface area contributed by atoms with Crippen molar-refractivity contribution in [2.75, 3.05) is 11.9 Å². The molecule has 1 atom stereocenters.